The van der Waals surface area contributed by atoms with Gasteiger partial charge in [-0.3, -0.25) is 0 Å². The van der Waals surface area contributed by atoms with Crippen LogP contribution in [-0.4, -0.2) is 7.05 Å². The molecule has 1 aromatic rings. The van der Waals surface area contributed by atoms with Crippen LogP contribution < -0.4 is 10.9 Å². The van der Waals surface area contributed by atoms with Crippen molar-refractivity contribution in [2.24, 2.45) is 11.8 Å². The minimum atomic E-state index is 0.578. The summed E-state index contributed by atoms with van der Waals surface area (Å²) >= 11 is 0. The number of nitrogens with zero attached hydrogens (tertiary/aromatic N) is 1. The van der Waals surface area contributed by atoms with Gasteiger partial charge in [0.1, 0.15) is 0 Å². The van der Waals surface area contributed by atoms with Crippen molar-refractivity contribution in [1.29, 1.82) is 0 Å². The molecule has 0 aliphatic carbocycles. The van der Waals surface area contributed by atoms with Crippen molar-refractivity contribution in [1.82, 2.24) is 0 Å². The normalized spacial score (nSPS) is 10.6. The van der Waals surface area contributed by atoms with Gasteiger partial charge in [0.15, 0.2) is 0 Å². The molecule has 0 heterocycles. The third-order valence-electron chi connectivity index (χ3n) is 2.89. The van der Waals surface area contributed by atoms with Gasteiger partial charge >= 0.3 is 0 Å². The first kappa shape index (κ1) is 12.8. The monoisotopic (exact) mass is 218 g/mol. The number of aryl methyl sites for hydroxylation is 1. The quantitative estimate of drug-likeness (QED) is 0.467. The fraction of sp³-hybridized carbons (Fsp3) is 0.429. The molecule has 0 fully saturated rings. The Kier molecular flexibility index (Phi) is 4.56. The van der Waals surface area contributed by atoms with E-state index in [4.69, 9.17) is 5.84 Å². The molecule has 0 saturated heterocycles. The van der Waals surface area contributed by atoms with E-state index in [-0.39, 0.29) is 0 Å². The molecule has 0 atom stereocenters. The average molecular weight is 218 g/mol. The van der Waals surface area contributed by atoms with Crippen LogP contribution in [0.3, 0.4) is 0 Å². The van der Waals surface area contributed by atoms with Gasteiger partial charge in [0, 0.05) is 7.05 Å². The van der Waals surface area contributed by atoms with Gasteiger partial charge < -0.3 is 5.01 Å². The number of nitrogens with two attached hydrogens (primary N) is 1. The van der Waals surface area contributed by atoms with Gasteiger partial charge in [-0.1, -0.05) is 38.1 Å². The second-order valence-electron chi connectivity index (χ2n) is 4.59. The molecule has 0 spiro atoms. The third-order valence-corrected chi connectivity index (χ3v) is 2.89. The fourth-order valence-corrected chi connectivity index (χ4v) is 1.49. The Hall–Kier alpha value is -1.28. The van der Waals surface area contributed by atoms with E-state index in [9.17, 15) is 0 Å². The SMILES string of the molecule is C=C(CCc1ccc(N(C)N)cc1)C(C)C. The van der Waals surface area contributed by atoms with Crippen LogP contribution in [-0.2, 0) is 6.42 Å². The Morgan fingerprint density at radius 2 is 1.88 bits per heavy atom. The first-order chi connectivity index (χ1) is 7.50. The van der Waals surface area contributed by atoms with Gasteiger partial charge in [0.2, 0.25) is 0 Å². The zero-order chi connectivity index (χ0) is 12.1. The summed E-state index contributed by atoms with van der Waals surface area (Å²) in [7, 11) is 1.84. The summed E-state index contributed by atoms with van der Waals surface area (Å²) in [5, 5.41) is 1.62. The molecule has 0 bridgehead atoms. The molecule has 2 nitrogen and oxygen atoms in total. The predicted molar refractivity (Wildman–Crippen MR) is 71.3 cm³/mol. The zero-order valence-electron chi connectivity index (χ0n) is 10.5. The van der Waals surface area contributed by atoms with Crippen LogP contribution in [0.2, 0.25) is 0 Å². The number of benzene rings is 1. The van der Waals surface area contributed by atoms with Gasteiger partial charge in [0.05, 0.1) is 5.69 Å². The Balaban J connectivity index is 2.53. The molecule has 2 heteroatoms. The molecule has 0 aliphatic rings. The maximum atomic E-state index is 5.64. The van der Waals surface area contributed by atoms with Crippen LogP contribution >= 0.6 is 0 Å². The summed E-state index contributed by atoms with van der Waals surface area (Å²) < 4.78 is 0. The summed E-state index contributed by atoms with van der Waals surface area (Å²) in [5.74, 6) is 6.22. The van der Waals surface area contributed by atoms with Gasteiger partial charge in [-0.2, -0.15) is 0 Å². The highest BCUT2D eigenvalue weighted by Gasteiger charge is 2.01. The van der Waals surface area contributed by atoms with Crippen LogP contribution in [0.1, 0.15) is 25.8 Å². The van der Waals surface area contributed by atoms with Crippen molar-refractivity contribution >= 4 is 5.69 Å². The highest BCUT2D eigenvalue weighted by Crippen LogP contribution is 2.17. The van der Waals surface area contributed by atoms with E-state index in [1.54, 1.807) is 5.01 Å². The molecule has 0 aliphatic heterocycles. The predicted octanol–water partition coefficient (Wildman–Crippen LogP) is 3.14. The molecule has 16 heavy (non-hydrogen) atoms. The molecule has 0 amide bonds. The lowest BCUT2D eigenvalue weighted by molar-refractivity contribution is 0.713. The van der Waals surface area contributed by atoms with Crippen LogP contribution in [0.4, 0.5) is 5.69 Å². The van der Waals surface area contributed by atoms with Crippen molar-refractivity contribution in [2.75, 3.05) is 12.1 Å². The van der Waals surface area contributed by atoms with Crippen LogP contribution in [0.15, 0.2) is 36.4 Å². The van der Waals surface area contributed by atoms with E-state index < -0.39 is 0 Å². The molecule has 0 radical (unpaired) electrons. The molecule has 0 saturated carbocycles. The summed E-state index contributed by atoms with van der Waals surface area (Å²) in [6, 6.07) is 8.36. The topological polar surface area (TPSA) is 29.3 Å². The number of allylic oxidation sites excluding steroid dienone is 1. The summed E-state index contributed by atoms with van der Waals surface area (Å²) in [4.78, 5) is 0. The lowest BCUT2D eigenvalue weighted by Gasteiger charge is -2.13. The van der Waals surface area contributed by atoms with Crippen LogP contribution in [0.25, 0.3) is 0 Å². The van der Waals surface area contributed by atoms with Crippen molar-refractivity contribution in [3.05, 3.63) is 42.0 Å². The van der Waals surface area contributed by atoms with Gasteiger partial charge in [-0.25, -0.2) is 5.84 Å². The van der Waals surface area contributed by atoms with E-state index in [1.165, 1.54) is 11.1 Å². The molecule has 2 N–H and O–H groups in total. The lowest BCUT2D eigenvalue weighted by Crippen LogP contribution is -2.24. The highest BCUT2D eigenvalue weighted by molar-refractivity contribution is 5.45. The second-order valence-corrected chi connectivity index (χ2v) is 4.59. The first-order valence-electron chi connectivity index (χ1n) is 5.75. The van der Waals surface area contributed by atoms with E-state index in [2.05, 4.69) is 32.6 Å². The van der Waals surface area contributed by atoms with E-state index >= 15 is 0 Å². The standard InChI is InChI=1S/C14H22N2/c1-11(2)12(3)5-6-13-7-9-14(10-8-13)16(4)15/h7-11H,3,5-6,15H2,1-2,4H3. The first-order valence-corrected chi connectivity index (χ1v) is 5.75. The smallest absolute Gasteiger partial charge is 0.0514 e. The summed E-state index contributed by atoms with van der Waals surface area (Å²) in [6.45, 7) is 8.47. The number of anilines is 1. The molecular formula is C14H22N2. The van der Waals surface area contributed by atoms with E-state index in [0.29, 0.717) is 5.92 Å². The van der Waals surface area contributed by atoms with Crippen molar-refractivity contribution < 1.29 is 0 Å². The fourth-order valence-electron chi connectivity index (χ4n) is 1.49. The zero-order valence-corrected chi connectivity index (χ0v) is 10.5. The molecule has 88 valence electrons. The maximum Gasteiger partial charge on any atom is 0.0514 e. The average Bonchev–Trinajstić information content (AvgIpc) is 2.26. The van der Waals surface area contributed by atoms with Gasteiger partial charge in [-0.05, 0) is 36.5 Å². The van der Waals surface area contributed by atoms with Crippen molar-refractivity contribution in [3.8, 4) is 0 Å². The van der Waals surface area contributed by atoms with E-state index in [1.807, 2.05) is 19.2 Å². The van der Waals surface area contributed by atoms with Crippen molar-refractivity contribution in [2.45, 2.75) is 26.7 Å². The van der Waals surface area contributed by atoms with E-state index in [0.717, 1.165) is 18.5 Å². The second kappa shape index (κ2) is 5.71. The largest absolute Gasteiger partial charge is 0.314 e. The Morgan fingerprint density at radius 3 is 2.31 bits per heavy atom. The third kappa shape index (κ3) is 3.70. The molecular weight excluding hydrogens is 196 g/mol. The Morgan fingerprint density at radius 1 is 1.31 bits per heavy atom. The maximum absolute atomic E-state index is 5.64. The van der Waals surface area contributed by atoms with Crippen LogP contribution in [0.5, 0.6) is 0 Å². The molecule has 0 aromatic heterocycles. The molecule has 1 aromatic carbocycles. The lowest BCUT2D eigenvalue weighted by atomic mass is 9.97. The van der Waals surface area contributed by atoms with Crippen LogP contribution in [0, 0.1) is 5.92 Å². The Bertz CT molecular complexity index is 336. The molecule has 0 unspecified atom stereocenters. The number of hydrogen-bond acceptors (Lipinski definition) is 2. The van der Waals surface area contributed by atoms with Gasteiger partial charge in [-0.15, -0.1) is 0 Å². The van der Waals surface area contributed by atoms with Crippen molar-refractivity contribution in [3.63, 3.8) is 0 Å². The molecule has 1 rings (SSSR count). The summed E-state index contributed by atoms with van der Waals surface area (Å²) in [6.07, 6.45) is 2.13. The minimum Gasteiger partial charge on any atom is -0.314 e. The number of hydrogen-bond donors (Lipinski definition) is 1. The summed E-state index contributed by atoms with van der Waals surface area (Å²) in [5.41, 5.74) is 3.69. The number of hydrazine groups is 1. The highest BCUT2D eigenvalue weighted by atomic mass is 15.4. The minimum absolute atomic E-state index is 0.578. The van der Waals surface area contributed by atoms with Gasteiger partial charge in [0.25, 0.3) is 0 Å². The number of rotatable bonds is 5. The Labute approximate surface area is 98.7 Å².